The maximum atomic E-state index is 3.61. The van der Waals surface area contributed by atoms with E-state index in [0.717, 1.165) is 17.3 Å². The van der Waals surface area contributed by atoms with Gasteiger partial charge in [-0.2, -0.15) is 0 Å². The van der Waals surface area contributed by atoms with Crippen LogP contribution in [0.2, 0.25) is 0 Å². The maximum absolute atomic E-state index is 3.61. The second-order valence-electron chi connectivity index (χ2n) is 9.06. The average Bonchev–Trinajstić information content (AvgIpc) is 3.21. The Hall–Kier alpha value is -3.42. The van der Waals surface area contributed by atoms with Crippen LogP contribution >= 0.6 is 15.9 Å². The molecule has 1 atom stereocenters. The molecule has 0 radical (unpaired) electrons. The fourth-order valence-electron chi connectivity index (χ4n) is 5.30. The molecular weight excluding hydrogens is 476 g/mol. The molecule has 0 fully saturated rings. The predicted octanol–water partition coefficient (Wildman–Crippen LogP) is 9.53. The van der Waals surface area contributed by atoms with E-state index in [1.807, 2.05) is 0 Å². The molecule has 5 aromatic carbocycles. The first kappa shape index (κ1) is 21.1. The summed E-state index contributed by atoms with van der Waals surface area (Å²) in [7, 11) is 0. The lowest BCUT2D eigenvalue weighted by Crippen LogP contribution is -1.99. The van der Waals surface area contributed by atoms with E-state index in [9.17, 15) is 0 Å². The molecule has 1 unspecified atom stereocenters. The zero-order chi connectivity index (χ0) is 22.9. The standard InChI is InChI=1S/C33H25Br/c34-28-13-7-12-26(21-28)24-10-6-11-25(20-24)27-17-19-32-31(18-16-23-8-2-1-3-9-23)29-14-4-5-15-30(29)33(32)22-27/h1-15,17,19-22,31H,16,18H2. The van der Waals surface area contributed by atoms with Gasteiger partial charge in [0.25, 0.3) is 0 Å². The molecule has 0 heterocycles. The fourth-order valence-corrected chi connectivity index (χ4v) is 5.70. The second kappa shape index (κ2) is 9.08. The minimum absolute atomic E-state index is 0.452. The van der Waals surface area contributed by atoms with Gasteiger partial charge in [-0.25, -0.2) is 0 Å². The quantitative estimate of drug-likeness (QED) is 0.225. The summed E-state index contributed by atoms with van der Waals surface area (Å²) in [5.41, 5.74) is 12.1. The molecule has 0 saturated carbocycles. The minimum atomic E-state index is 0.452. The van der Waals surface area contributed by atoms with Crippen LogP contribution in [-0.4, -0.2) is 0 Å². The summed E-state index contributed by atoms with van der Waals surface area (Å²) in [4.78, 5) is 0. The second-order valence-corrected chi connectivity index (χ2v) is 9.97. The number of hydrogen-bond donors (Lipinski definition) is 0. The molecule has 5 aromatic rings. The van der Waals surface area contributed by atoms with Gasteiger partial charge in [-0.3, -0.25) is 0 Å². The Labute approximate surface area is 210 Å². The van der Waals surface area contributed by atoms with E-state index in [1.165, 1.54) is 50.1 Å². The molecule has 0 spiro atoms. The van der Waals surface area contributed by atoms with Crippen LogP contribution in [0.15, 0.2) is 126 Å². The largest absolute Gasteiger partial charge is 0.0622 e. The molecule has 0 aliphatic heterocycles. The Balaban J connectivity index is 1.37. The Morgan fingerprint density at radius 3 is 1.94 bits per heavy atom. The normalized spacial score (nSPS) is 14.0. The van der Waals surface area contributed by atoms with E-state index in [0.29, 0.717) is 5.92 Å². The van der Waals surface area contributed by atoms with Crippen molar-refractivity contribution in [3.63, 3.8) is 0 Å². The highest BCUT2D eigenvalue weighted by atomic mass is 79.9. The number of aryl methyl sites for hydroxylation is 1. The SMILES string of the molecule is Brc1cccc(-c2cccc(-c3ccc4c(c3)-c3ccccc3C4CCc3ccccc3)c2)c1. The van der Waals surface area contributed by atoms with Crippen molar-refractivity contribution in [3.05, 3.63) is 142 Å². The van der Waals surface area contributed by atoms with Gasteiger partial charge in [-0.1, -0.05) is 113 Å². The third kappa shape index (κ3) is 4.02. The highest BCUT2D eigenvalue weighted by molar-refractivity contribution is 9.10. The van der Waals surface area contributed by atoms with Crippen LogP contribution in [0.25, 0.3) is 33.4 Å². The van der Waals surface area contributed by atoms with Gasteiger partial charge >= 0.3 is 0 Å². The third-order valence-corrected chi connectivity index (χ3v) is 7.47. The van der Waals surface area contributed by atoms with Gasteiger partial charge < -0.3 is 0 Å². The molecule has 0 nitrogen and oxygen atoms in total. The third-order valence-electron chi connectivity index (χ3n) is 6.97. The van der Waals surface area contributed by atoms with Gasteiger partial charge in [0.1, 0.15) is 0 Å². The molecule has 1 aliphatic rings. The average molecular weight is 501 g/mol. The van der Waals surface area contributed by atoms with Crippen molar-refractivity contribution in [2.75, 3.05) is 0 Å². The van der Waals surface area contributed by atoms with E-state index in [1.54, 1.807) is 0 Å². The van der Waals surface area contributed by atoms with Crippen LogP contribution in [0.5, 0.6) is 0 Å². The number of halogens is 1. The highest BCUT2D eigenvalue weighted by Crippen LogP contribution is 2.48. The Morgan fingerprint density at radius 2 is 1.15 bits per heavy atom. The van der Waals surface area contributed by atoms with Crippen molar-refractivity contribution < 1.29 is 0 Å². The van der Waals surface area contributed by atoms with E-state index < -0.39 is 0 Å². The molecule has 0 bridgehead atoms. The smallest absolute Gasteiger partial charge is 0.0181 e. The van der Waals surface area contributed by atoms with E-state index in [-0.39, 0.29) is 0 Å². The minimum Gasteiger partial charge on any atom is -0.0622 e. The number of hydrogen-bond acceptors (Lipinski definition) is 0. The summed E-state index contributed by atoms with van der Waals surface area (Å²) >= 11 is 3.61. The van der Waals surface area contributed by atoms with Crippen LogP contribution in [0, 0.1) is 0 Å². The van der Waals surface area contributed by atoms with Gasteiger partial charge in [0.15, 0.2) is 0 Å². The van der Waals surface area contributed by atoms with Crippen molar-refractivity contribution in [1.82, 2.24) is 0 Å². The first-order chi connectivity index (χ1) is 16.8. The molecule has 0 N–H and O–H groups in total. The first-order valence-corrected chi connectivity index (χ1v) is 12.7. The topological polar surface area (TPSA) is 0 Å². The molecule has 0 saturated heterocycles. The number of benzene rings is 5. The van der Waals surface area contributed by atoms with Crippen molar-refractivity contribution in [1.29, 1.82) is 0 Å². The molecule has 6 rings (SSSR count). The van der Waals surface area contributed by atoms with Crippen LogP contribution in [-0.2, 0) is 6.42 Å². The lowest BCUT2D eigenvalue weighted by Gasteiger charge is -2.14. The van der Waals surface area contributed by atoms with E-state index in [4.69, 9.17) is 0 Å². The van der Waals surface area contributed by atoms with Crippen LogP contribution in [0.3, 0.4) is 0 Å². The summed E-state index contributed by atoms with van der Waals surface area (Å²) in [6, 6.07) is 44.3. The highest BCUT2D eigenvalue weighted by Gasteiger charge is 2.28. The van der Waals surface area contributed by atoms with Crippen molar-refractivity contribution in [2.24, 2.45) is 0 Å². The first-order valence-electron chi connectivity index (χ1n) is 11.9. The summed E-state index contributed by atoms with van der Waals surface area (Å²) < 4.78 is 1.10. The van der Waals surface area contributed by atoms with Crippen molar-refractivity contribution in [2.45, 2.75) is 18.8 Å². The van der Waals surface area contributed by atoms with Crippen LogP contribution in [0.4, 0.5) is 0 Å². The van der Waals surface area contributed by atoms with Crippen molar-refractivity contribution in [3.8, 4) is 33.4 Å². The summed E-state index contributed by atoms with van der Waals surface area (Å²) in [6.07, 6.45) is 2.22. The molecule has 1 aliphatic carbocycles. The van der Waals surface area contributed by atoms with E-state index >= 15 is 0 Å². The number of fused-ring (bicyclic) bond motifs is 3. The molecule has 1 heteroatoms. The van der Waals surface area contributed by atoms with Gasteiger partial charge in [0, 0.05) is 10.4 Å². The van der Waals surface area contributed by atoms with Gasteiger partial charge in [0.05, 0.1) is 0 Å². The summed E-state index contributed by atoms with van der Waals surface area (Å²) in [6.45, 7) is 0. The lowest BCUT2D eigenvalue weighted by atomic mass is 9.89. The molecule has 0 amide bonds. The maximum Gasteiger partial charge on any atom is 0.0181 e. The zero-order valence-electron chi connectivity index (χ0n) is 18.9. The zero-order valence-corrected chi connectivity index (χ0v) is 20.5. The molecule has 0 aromatic heterocycles. The van der Waals surface area contributed by atoms with Gasteiger partial charge in [-0.15, -0.1) is 0 Å². The Bertz CT molecular complexity index is 1470. The molecular formula is C33H25Br. The summed E-state index contributed by atoms with van der Waals surface area (Å²) in [5.74, 6) is 0.452. The van der Waals surface area contributed by atoms with Gasteiger partial charge in [0.2, 0.25) is 0 Å². The van der Waals surface area contributed by atoms with Crippen molar-refractivity contribution >= 4 is 15.9 Å². The van der Waals surface area contributed by atoms with E-state index in [2.05, 4.69) is 137 Å². The molecule has 34 heavy (non-hydrogen) atoms. The lowest BCUT2D eigenvalue weighted by molar-refractivity contribution is 0.729. The summed E-state index contributed by atoms with van der Waals surface area (Å²) in [5, 5.41) is 0. The van der Waals surface area contributed by atoms with Gasteiger partial charge in [-0.05, 0) is 87.2 Å². The van der Waals surface area contributed by atoms with Crippen LogP contribution < -0.4 is 0 Å². The fraction of sp³-hybridized carbons (Fsp3) is 0.0909. The Morgan fingerprint density at radius 1 is 0.500 bits per heavy atom. The molecule has 164 valence electrons. The predicted molar refractivity (Wildman–Crippen MR) is 147 cm³/mol. The van der Waals surface area contributed by atoms with Crippen LogP contribution in [0.1, 0.15) is 29.0 Å². The number of rotatable bonds is 5. The monoisotopic (exact) mass is 500 g/mol. The Kier molecular flexibility index (Phi) is 5.65.